The van der Waals surface area contributed by atoms with E-state index in [2.05, 4.69) is 10.6 Å². The molecule has 0 unspecified atom stereocenters. The molecule has 0 saturated heterocycles. The molecule has 6 N–H and O–H groups in total. The van der Waals surface area contributed by atoms with Crippen molar-refractivity contribution in [1.82, 2.24) is 10.6 Å². The highest BCUT2D eigenvalue weighted by atomic mass is 16.2. The Morgan fingerprint density at radius 2 is 1.68 bits per heavy atom. The predicted molar refractivity (Wildman–Crippen MR) is 71.8 cm³/mol. The average molecular weight is 272 g/mol. The van der Waals surface area contributed by atoms with Crippen LogP contribution in [-0.4, -0.2) is 36.9 Å². The minimum Gasteiger partial charge on any atom is -0.369 e. The lowest BCUT2D eigenvalue weighted by molar-refractivity contribution is -0.129. The maximum absolute atomic E-state index is 11.5. The number of hydrogen-bond acceptors (Lipinski definition) is 4. The first-order valence-electron chi connectivity index (χ1n) is 6.18. The van der Waals surface area contributed by atoms with Crippen molar-refractivity contribution >= 4 is 17.7 Å². The summed E-state index contributed by atoms with van der Waals surface area (Å²) in [6.07, 6.45) is 0. The Morgan fingerprint density at radius 3 is 2.11 bits per heavy atom. The molecule has 0 radical (unpaired) electrons. The van der Waals surface area contributed by atoms with Crippen LogP contribution in [0.15, 0.2) is 0 Å². The minimum atomic E-state index is -0.825. The largest absolute Gasteiger partial charge is 0.369 e. The Labute approximate surface area is 113 Å². The van der Waals surface area contributed by atoms with Gasteiger partial charge in [0.2, 0.25) is 17.7 Å². The molecule has 110 valence electrons. The zero-order chi connectivity index (χ0) is 15.2. The van der Waals surface area contributed by atoms with E-state index in [0.717, 1.165) is 0 Å². The lowest BCUT2D eigenvalue weighted by Crippen LogP contribution is -2.49. The Bertz CT molecular complexity index is 353. The van der Waals surface area contributed by atoms with Gasteiger partial charge in [0.1, 0.15) is 0 Å². The summed E-state index contributed by atoms with van der Waals surface area (Å²) in [6, 6.07) is -0.644. The molecule has 0 aliphatic heterocycles. The number of hydrogen-bond donors (Lipinski definition) is 4. The van der Waals surface area contributed by atoms with Gasteiger partial charge in [-0.3, -0.25) is 14.4 Å². The average Bonchev–Trinajstić information content (AvgIpc) is 2.32. The topological polar surface area (TPSA) is 127 Å². The van der Waals surface area contributed by atoms with E-state index in [1.54, 1.807) is 13.8 Å². The fourth-order valence-electron chi connectivity index (χ4n) is 1.06. The quantitative estimate of drug-likeness (QED) is 0.460. The van der Waals surface area contributed by atoms with E-state index < -0.39 is 23.3 Å². The maximum atomic E-state index is 11.5. The highest BCUT2D eigenvalue weighted by molar-refractivity contribution is 5.88. The number of primary amides is 1. The monoisotopic (exact) mass is 272 g/mol. The molecular weight excluding hydrogens is 248 g/mol. The molecule has 7 nitrogen and oxygen atoms in total. The van der Waals surface area contributed by atoms with Crippen molar-refractivity contribution in [2.24, 2.45) is 22.8 Å². The smallest absolute Gasteiger partial charge is 0.239 e. The third-order valence-electron chi connectivity index (χ3n) is 2.84. The SMILES string of the molecule is CC(C)[C@H](N)C(=O)NCC(=O)NCC(C)(C)C(N)=O. The van der Waals surface area contributed by atoms with Crippen molar-refractivity contribution < 1.29 is 14.4 Å². The van der Waals surface area contributed by atoms with Gasteiger partial charge >= 0.3 is 0 Å². The Hall–Kier alpha value is -1.63. The van der Waals surface area contributed by atoms with Crippen molar-refractivity contribution in [2.45, 2.75) is 33.7 Å². The summed E-state index contributed by atoms with van der Waals surface area (Å²) in [5, 5.41) is 4.97. The lowest BCUT2D eigenvalue weighted by Gasteiger charge is -2.21. The van der Waals surface area contributed by atoms with Crippen LogP contribution in [0.1, 0.15) is 27.7 Å². The number of nitrogens with two attached hydrogens (primary N) is 2. The Kier molecular flexibility index (Phi) is 6.47. The lowest BCUT2D eigenvalue weighted by atomic mass is 9.93. The Balaban J connectivity index is 4.08. The van der Waals surface area contributed by atoms with Gasteiger partial charge in [0, 0.05) is 6.54 Å². The van der Waals surface area contributed by atoms with E-state index in [4.69, 9.17) is 11.5 Å². The number of rotatable bonds is 7. The van der Waals surface area contributed by atoms with E-state index in [-0.39, 0.29) is 24.9 Å². The van der Waals surface area contributed by atoms with Crippen LogP contribution in [0, 0.1) is 11.3 Å². The third-order valence-corrected chi connectivity index (χ3v) is 2.84. The van der Waals surface area contributed by atoms with Crippen molar-refractivity contribution in [3.05, 3.63) is 0 Å². The van der Waals surface area contributed by atoms with Gasteiger partial charge in [-0.05, 0) is 19.8 Å². The zero-order valence-corrected chi connectivity index (χ0v) is 11.9. The molecular formula is C12H24N4O3. The second kappa shape index (κ2) is 7.08. The van der Waals surface area contributed by atoms with Crippen LogP contribution in [-0.2, 0) is 14.4 Å². The first-order valence-corrected chi connectivity index (χ1v) is 6.18. The van der Waals surface area contributed by atoms with Crippen molar-refractivity contribution in [1.29, 1.82) is 0 Å². The second-order valence-corrected chi connectivity index (χ2v) is 5.51. The second-order valence-electron chi connectivity index (χ2n) is 5.51. The molecule has 0 aromatic carbocycles. The summed E-state index contributed by atoms with van der Waals surface area (Å²) >= 11 is 0. The molecule has 0 aliphatic carbocycles. The van der Waals surface area contributed by atoms with E-state index in [1.807, 2.05) is 13.8 Å². The fraction of sp³-hybridized carbons (Fsp3) is 0.750. The van der Waals surface area contributed by atoms with E-state index in [1.165, 1.54) is 0 Å². The minimum absolute atomic E-state index is 0.00291. The first kappa shape index (κ1) is 17.4. The standard InChI is InChI=1S/C12H24N4O3/c1-7(2)9(13)10(18)15-5-8(17)16-6-12(3,4)11(14)19/h7,9H,5-6,13H2,1-4H3,(H2,14,19)(H,15,18)(H,16,17)/t9-/m0/s1. The van der Waals surface area contributed by atoms with Crippen molar-refractivity contribution in [3.63, 3.8) is 0 Å². The van der Waals surface area contributed by atoms with Crippen molar-refractivity contribution in [3.8, 4) is 0 Å². The number of carbonyl (C=O) groups excluding carboxylic acids is 3. The molecule has 0 aliphatic rings. The zero-order valence-electron chi connectivity index (χ0n) is 11.9. The molecule has 0 aromatic rings. The van der Waals surface area contributed by atoms with Gasteiger partial charge in [-0.25, -0.2) is 0 Å². The molecule has 0 bridgehead atoms. The Morgan fingerprint density at radius 1 is 1.16 bits per heavy atom. The number of carbonyl (C=O) groups is 3. The summed E-state index contributed by atoms with van der Waals surface area (Å²) in [7, 11) is 0. The van der Waals surface area contributed by atoms with Gasteiger partial charge in [0.25, 0.3) is 0 Å². The van der Waals surface area contributed by atoms with E-state index >= 15 is 0 Å². The summed E-state index contributed by atoms with van der Waals surface area (Å²) < 4.78 is 0. The predicted octanol–water partition coefficient (Wildman–Crippen LogP) is -1.29. The van der Waals surface area contributed by atoms with Crippen LogP contribution in [0.3, 0.4) is 0 Å². The summed E-state index contributed by atoms with van der Waals surface area (Å²) in [5.74, 6) is -1.27. The summed E-state index contributed by atoms with van der Waals surface area (Å²) in [4.78, 5) is 34.0. The first-order chi connectivity index (χ1) is 8.58. The van der Waals surface area contributed by atoms with Crippen LogP contribution in [0.2, 0.25) is 0 Å². The van der Waals surface area contributed by atoms with Crippen LogP contribution >= 0.6 is 0 Å². The maximum Gasteiger partial charge on any atom is 0.239 e. The molecule has 3 amide bonds. The number of nitrogens with one attached hydrogen (secondary N) is 2. The van der Waals surface area contributed by atoms with Gasteiger partial charge in [-0.1, -0.05) is 13.8 Å². The third kappa shape index (κ3) is 6.19. The van der Waals surface area contributed by atoms with Gasteiger partial charge in [-0.15, -0.1) is 0 Å². The molecule has 0 heterocycles. The van der Waals surface area contributed by atoms with Gasteiger partial charge in [-0.2, -0.15) is 0 Å². The van der Waals surface area contributed by atoms with Gasteiger partial charge < -0.3 is 22.1 Å². The highest BCUT2D eigenvalue weighted by Gasteiger charge is 2.25. The van der Waals surface area contributed by atoms with Crippen LogP contribution < -0.4 is 22.1 Å². The summed E-state index contributed by atoms with van der Waals surface area (Å²) in [5.41, 5.74) is 9.97. The summed E-state index contributed by atoms with van der Waals surface area (Å²) in [6.45, 7) is 6.84. The van der Waals surface area contributed by atoms with Crippen LogP contribution in [0.5, 0.6) is 0 Å². The normalized spacial score (nSPS) is 12.9. The molecule has 0 fully saturated rings. The van der Waals surface area contributed by atoms with E-state index in [9.17, 15) is 14.4 Å². The molecule has 19 heavy (non-hydrogen) atoms. The van der Waals surface area contributed by atoms with Gasteiger partial charge in [0.05, 0.1) is 18.0 Å². The van der Waals surface area contributed by atoms with Crippen LogP contribution in [0.25, 0.3) is 0 Å². The molecule has 0 spiro atoms. The molecule has 0 saturated carbocycles. The molecule has 0 aromatic heterocycles. The molecule has 0 rings (SSSR count). The van der Waals surface area contributed by atoms with Crippen molar-refractivity contribution in [2.75, 3.05) is 13.1 Å². The number of amides is 3. The van der Waals surface area contributed by atoms with Crippen LogP contribution in [0.4, 0.5) is 0 Å². The molecule has 1 atom stereocenters. The molecule has 7 heteroatoms. The fourth-order valence-corrected chi connectivity index (χ4v) is 1.06. The van der Waals surface area contributed by atoms with E-state index in [0.29, 0.717) is 0 Å². The van der Waals surface area contributed by atoms with Gasteiger partial charge in [0.15, 0.2) is 0 Å². The highest BCUT2D eigenvalue weighted by Crippen LogP contribution is 2.11.